The summed E-state index contributed by atoms with van der Waals surface area (Å²) >= 11 is 0. The van der Waals surface area contributed by atoms with Crippen molar-refractivity contribution in [1.82, 2.24) is 34.0 Å². The maximum atomic E-state index is 13.8. The van der Waals surface area contributed by atoms with E-state index in [9.17, 15) is 24.0 Å². The molecule has 3 saturated heterocycles. The van der Waals surface area contributed by atoms with Crippen molar-refractivity contribution >= 4 is 40.8 Å². The molecule has 62 heavy (non-hydrogen) atoms. The van der Waals surface area contributed by atoms with Crippen molar-refractivity contribution in [2.24, 2.45) is 13.0 Å². The van der Waals surface area contributed by atoms with Crippen LogP contribution in [-0.2, 0) is 39.0 Å². The lowest BCUT2D eigenvalue weighted by molar-refractivity contribution is -0.144. The van der Waals surface area contributed by atoms with Crippen LogP contribution in [0.4, 0.5) is 15.3 Å². The number of nitrogens with one attached hydrogen (secondary N) is 1. The minimum absolute atomic E-state index is 0. The van der Waals surface area contributed by atoms with E-state index in [1.807, 2.05) is 61.2 Å². The first kappa shape index (κ1) is 48.1. The molecule has 1 aromatic heterocycles. The van der Waals surface area contributed by atoms with E-state index in [4.69, 9.17) is 13.9 Å². The van der Waals surface area contributed by atoms with Crippen LogP contribution >= 0.6 is 0 Å². The van der Waals surface area contributed by atoms with Crippen LogP contribution in [0.3, 0.4) is 0 Å². The van der Waals surface area contributed by atoms with Crippen molar-refractivity contribution in [1.29, 1.82) is 0 Å². The van der Waals surface area contributed by atoms with Gasteiger partial charge in [0, 0.05) is 97.2 Å². The van der Waals surface area contributed by atoms with E-state index in [0.29, 0.717) is 75.6 Å². The topological polar surface area (TPSA) is 153 Å². The second kappa shape index (κ2) is 22.4. The molecule has 0 saturated carbocycles. The van der Waals surface area contributed by atoms with Gasteiger partial charge in [0.05, 0.1) is 11.9 Å². The van der Waals surface area contributed by atoms with Gasteiger partial charge in [0.25, 0.3) is 5.91 Å². The number of carbonyl (C=O) groups excluding carboxylic acids is 4. The van der Waals surface area contributed by atoms with Gasteiger partial charge in [-0.15, -0.1) is 0 Å². The van der Waals surface area contributed by atoms with Gasteiger partial charge in [-0.2, -0.15) is 0 Å². The van der Waals surface area contributed by atoms with Gasteiger partial charge in [-0.05, 0) is 94.9 Å². The Labute approximate surface area is 367 Å². The summed E-state index contributed by atoms with van der Waals surface area (Å²) in [6.07, 6.45) is 3.02. The first-order valence-corrected chi connectivity index (χ1v) is 22.0. The Hall–Kier alpha value is -4.93. The molecule has 0 bridgehead atoms. The minimum atomic E-state index is -1.00. The standard InChI is InChI=1S/C33H41N5O6.C12H25N3O2.CH4/c1-21-8-13-36(14-9-21)30(39)28(20-23-18-22(2)29-27(19-23)43-32(41)35(29)3)44-33(42)37-15-11-25(12-16-37)38-17-10-24-6-4-5-7-26(24)34-31(38)40;1-13(2)10-11-17-12(16)4-5-15-8-6-14(3)7-9-15;/h4-7,18-19,21,25,28H,8-17,20H2,1-3H3,(H,34,40);4-11H2,1-3H3;1H4/t28-;;/m1../s1. The molecule has 0 radical (unpaired) electrons. The van der Waals surface area contributed by atoms with Crippen LogP contribution in [0.25, 0.3) is 11.1 Å². The molecule has 3 fully saturated rings. The van der Waals surface area contributed by atoms with E-state index in [0.717, 1.165) is 80.9 Å². The lowest BCUT2D eigenvalue weighted by Gasteiger charge is -2.38. The summed E-state index contributed by atoms with van der Waals surface area (Å²) in [5.41, 5.74) is 4.72. The number of amides is 4. The zero-order chi connectivity index (χ0) is 43.6. The highest BCUT2D eigenvalue weighted by atomic mass is 16.6. The van der Waals surface area contributed by atoms with Crippen molar-refractivity contribution in [2.75, 3.05) is 105 Å². The van der Waals surface area contributed by atoms with Crippen molar-refractivity contribution in [3.05, 3.63) is 63.6 Å². The SMILES string of the molecule is C.CN(C)CCOC(=O)CCN1CCN(C)CC1.Cc1cc(C[C@@H](OC(=O)N2CCC(N3CCc4ccccc4NC3=O)CC2)C(=O)N2CCC(C)CC2)cc2oc(=O)n(C)c12. The number of hydrogen-bond acceptors (Lipinski definition) is 11. The van der Waals surface area contributed by atoms with E-state index in [-0.39, 0.29) is 37.8 Å². The molecule has 4 aliphatic heterocycles. The summed E-state index contributed by atoms with van der Waals surface area (Å²) in [5, 5.41) is 3.03. The molecule has 2 aromatic carbocycles. The number of piperidine rings is 2. The molecule has 3 aromatic rings. The third-order valence-electron chi connectivity index (χ3n) is 12.5. The molecule has 16 nitrogen and oxygen atoms in total. The number of piperazine rings is 1. The quantitative estimate of drug-likeness (QED) is 0.268. The molecular formula is C46H70N8O8. The van der Waals surface area contributed by atoms with E-state index in [1.54, 1.807) is 22.9 Å². The number of likely N-dealkylation sites (N-methyl/N-ethyl adjacent to an activating group) is 2. The average Bonchev–Trinajstić information content (AvgIpc) is 3.42. The largest absolute Gasteiger partial charge is 0.464 e. The van der Waals surface area contributed by atoms with Gasteiger partial charge in [0.1, 0.15) is 6.61 Å². The molecular weight excluding hydrogens is 793 g/mol. The smallest absolute Gasteiger partial charge is 0.419 e. The number of aryl methyl sites for hydroxylation is 2. The monoisotopic (exact) mass is 863 g/mol. The van der Waals surface area contributed by atoms with Crippen LogP contribution in [0.5, 0.6) is 0 Å². The zero-order valence-electron chi connectivity index (χ0n) is 37.0. The Morgan fingerprint density at radius 2 is 1.58 bits per heavy atom. The first-order valence-electron chi connectivity index (χ1n) is 22.0. The number of aromatic nitrogens is 1. The predicted molar refractivity (Wildman–Crippen MR) is 240 cm³/mol. The van der Waals surface area contributed by atoms with Gasteiger partial charge < -0.3 is 48.6 Å². The second-order valence-corrected chi connectivity index (χ2v) is 17.4. The van der Waals surface area contributed by atoms with Crippen LogP contribution < -0.4 is 11.1 Å². The fourth-order valence-corrected chi connectivity index (χ4v) is 8.55. The summed E-state index contributed by atoms with van der Waals surface area (Å²) in [6.45, 7) is 13.2. The second-order valence-electron chi connectivity index (χ2n) is 17.4. The Kier molecular flexibility index (Phi) is 17.4. The molecule has 0 aliphatic carbocycles. The van der Waals surface area contributed by atoms with Crippen LogP contribution in [0.2, 0.25) is 0 Å². The third-order valence-corrected chi connectivity index (χ3v) is 12.5. The summed E-state index contributed by atoms with van der Waals surface area (Å²) in [4.78, 5) is 75.8. The number of benzene rings is 2. The Morgan fingerprint density at radius 1 is 0.903 bits per heavy atom. The number of rotatable bonds is 11. The predicted octanol–water partition coefficient (Wildman–Crippen LogP) is 4.67. The molecule has 7 rings (SSSR count). The molecule has 5 heterocycles. The number of ether oxygens (including phenoxy) is 2. The van der Waals surface area contributed by atoms with Gasteiger partial charge in [0.15, 0.2) is 11.7 Å². The van der Waals surface area contributed by atoms with E-state index < -0.39 is 18.0 Å². The van der Waals surface area contributed by atoms with Crippen LogP contribution in [0, 0.1) is 12.8 Å². The Bertz CT molecular complexity index is 2030. The molecule has 0 unspecified atom stereocenters. The highest BCUT2D eigenvalue weighted by Gasteiger charge is 2.35. The van der Waals surface area contributed by atoms with Gasteiger partial charge in [-0.1, -0.05) is 38.6 Å². The molecule has 16 heteroatoms. The minimum Gasteiger partial charge on any atom is -0.464 e. The van der Waals surface area contributed by atoms with E-state index in [1.165, 1.54) is 4.57 Å². The molecule has 4 aliphatic rings. The number of carbonyl (C=O) groups is 4. The number of anilines is 1. The van der Waals surface area contributed by atoms with Crippen LogP contribution in [0.1, 0.15) is 63.1 Å². The highest BCUT2D eigenvalue weighted by Crippen LogP contribution is 2.27. The summed E-state index contributed by atoms with van der Waals surface area (Å²) in [7, 11) is 7.73. The van der Waals surface area contributed by atoms with Crippen molar-refractivity contribution < 1.29 is 33.1 Å². The van der Waals surface area contributed by atoms with Crippen LogP contribution in [0.15, 0.2) is 45.6 Å². The third kappa shape index (κ3) is 12.8. The van der Waals surface area contributed by atoms with Crippen molar-refractivity contribution in [3.63, 3.8) is 0 Å². The van der Waals surface area contributed by atoms with Crippen LogP contribution in [-0.4, -0.2) is 170 Å². The fraction of sp³-hybridized carbons (Fsp3) is 0.630. The van der Waals surface area contributed by atoms with Crippen molar-refractivity contribution in [3.8, 4) is 0 Å². The summed E-state index contributed by atoms with van der Waals surface area (Å²) in [5.74, 6) is -0.181. The number of likely N-dealkylation sites (tertiary alicyclic amines) is 2. The number of fused-ring (bicyclic) bond motifs is 2. The number of nitrogens with zero attached hydrogens (tertiary/aromatic N) is 7. The number of hydrogen-bond donors (Lipinski definition) is 1. The molecule has 342 valence electrons. The molecule has 4 amide bonds. The summed E-state index contributed by atoms with van der Waals surface area (Å²) in [6, 6.07) is 11.4. The number of esters is 1. The van der Waals surface area contributed by atoms with Gasteiger partial charge in [-0.25, -0.2) is 14.4 Å². The van der Waals surface area contributed by atoms with E-state index in [2.05, 4.69) is 29.1 Å². The molecule has 0 spiro atoms. The lowest BCUT2D eigenvalue weighted by atomic mass is 9.98. The van der Waals surface area contributed by atoms with Gasteiger partial charge in [0.2, 0.25) is 0 Å². The zero-order valence-corrected chi connectivity index (χ0v) is 37.0. The van der Waals surface area contributed by atoms with Gasteiger partial charge in [-0.3, -0.25) is 14.2 Å². The normalized spacial score (nSPS) is 18.6. The van der Waals surface area contributed by atoms with E-state index >= 15 is 0 Å². The maximum absolute atomic E-state index is 13.8. The first-order chi connectivity index (χ1) is 29.2. The molecule has 1 atom stereocenters. The van der Waals surface area contributed by atoms with Gasteiger partial charge >= 0.3 is 23.8 Å². The number of para-hydroxylation sites is 1. The fourth-order valence-electron chi connectivity index (χ4n) is 8.55. The van der Waals surface area contributed by atoms with Crippen molar-refractivity contribution in [2.45, 2.75) is 78.4 Å². The summed E-state index contributed by atoms with van der Waals surface area (Å²) < 4.78 is 18.0. The maximum Gasteiger partial charge on any atom is 0.419 e. The highest BCUT2D eigenvalue weighted by molar-refractivity contribution is 5.91. The number of urea groups is 1. The number of oxazole rings is 1. The average molecular weight is 863 g/mol. The Balaban J connectivity index is 0.000000341. The lowest BCUT2D eigenvalue weighted by Crippen LogP contribution is -2.51. The Morgan fingerprint density at radius 3 is 2.27 bits per heavy atom. The molecule has 1 N–H and O–H groups in total.